The smallest absolute Gasteiger partial charge is 0.321 e. The molecule has 2 unspecified atom stereocenters. The summed E-state index contributed by atoms with van der Waals surface area (Å²) in [6.07, 6.45) is 0.671. The molecule has 1 saturated heterocycles. The number of rotatable bonds is 3. The molecule has 0 aliphatic carbocycles. The van der Waals surface area contributed by atoms with Gasteiger partial charge in [-0.3, -0.25) is 19.8 Å². The van der Waals surface area contributed by atoms with Gasteiger partial charge in [0, 0.05) is 13.6 Å². The molecule has 1 fully saturated rings. The molecular weight excluding hydrogens is 238 g/mol. The molecule has 0 saturated carbocycles. The zero-order valence-corrected chi connectivity index (χ0v) is 10.9. The van der Waals surface area contributed by atoms with Crippen LogP contribution >= 0.6 is 0 Å². The first-order chi connectivity index (χ1) is 8.49. The monoisotopic (exact) mass is 257 g/mol. The van der Waals surface area contributed by atoms with E-state index in [1.165, 1.54) is 14.2 Å². The second-order valence-corrected chi connectivity index (χ2v) is 4.25. The molecule has 0 radical (unpaired) electrons. The Kier molecular flexibility index (Phi) is 5.08. The maximum atomic E-state index is 11.7. The quantitative estimate of drug-likeness (QED) is 0.654. The van der Waals surface area contributed by atoms with Crippen molar-refractivity contribution in [2.45, 2.75) is 19.4 Å². The summed E-state index contributed by atoms with van der Waals surface area (Å²) < 4.78 is 4.67. The lowest BCUT2D eigenvalue weighted by Crippen LogP contribution is -2.48. The Hall–Kier alpha value is -1.63. The number of carbonyl (C=O) groups is 3. The number of hydrogen-bond donors (Lipinski definition) is 2. The van der Waals surface area contributed by atoms with Gasteiger partial charge >= 0.3 is 12.0 Å². The van der Waals surface area contributed by atoms with Crippen LogP contribution in [0, 0.1) is 5.92 Å². The van der Waals surface area contributed by atoms with E-state index < -0.39 is 12.1 Å². The van der Waals surface area contributed by atoms with Crippen LogP contribution in [0.5, 0.6) is 0 Å². The normalized spacial score (nSPS) is 21.2. The molecule has 0 spiro atoms. The third-order valence-corrected chi connectivity index (χ3v) is 3.15. The van der Waals surface area contributed by atoms with Crippen molar-refractivity contribution < 1.29 is 19.1 Å². The molecule has 102 valence electrons. The molecular formula is C11H19N3O4. The number of urea groups is 1. The van der Waals surface area contributed by atoms with Gasteiger partial charge in [0.05, 0.1) is 19.1 Å². The average molecular weight is 257 g/mol. The van der Waals surface area contributed by atoms with Gasteiger partial charge in [-0.15, -0.1) is 0 Å². The maximum Gasteiger partial charge on any atom is 0.321 e. The molecule has 1 aliphatic rings. The number of imide groups is 1. The van der Waals surface area contributed by atoms with Gasteiger partial charge in [-0.2, -0.15) is 0 Å². The number of ether oxygens (including phenoxy) is 1. The third-order valence-electron chi connectivity index (χ3n) is 3.15. The van der Waals surface area contributed by atoms with Gasteiger partial charge < -0.3 is 10.1 Å². The zero-order valence-electron chi connectivity index (χ0n) is 10.9. The Bertz CT molecular complexity index is 345. The van der Waals surface area contributed by atoms with Crippen LogP contribution in [0.3, 0.4) is 0 Å². The summed E-state index contributed by atoms with van der Waals surface area (Å²) in [6, 6.07) is -0.979. The molecule has 0 bridgehead atoms. The minimum absolute atomic E-state index is 0.190. The Labute approximate surface area is 106 Å². The van der Waals surface area contributed by atoms with Gasteiger partial charge in [0.2, 0.25) is 5.91 Å². The van der Waals surface area contributed by atoms with E-state index in [-0.39, 0.29) is 17.8 Å². The third kappa shape index (κ3) is 3.43. The van der Waals surface area contributed by atoms with Gasteiger partial charge in [0.1, 0.15) is 0 Å². The summed E-state index contributed by atoms with van der Waals surface area (Å²) in [7, 11) is 2.79. The fraction of sp³-hybridized carbons (Fsp3) is 0.727. The molecule has 2 atom stereocenters. The summed E-state index contributed by atoms with van der Waals surface area (Å²) in [6.45, 7) is 2.83. The Morgan fingerprint density at radius 2 is 2.06 bits per heavy atom. The van der Waals surface area contributed by atoms with Crippen LogP contribution in [-0.4, -0.2) is 56.1 Å². The molecule has 3 amide bonds. The summed E-state index contributed by atoms with van der Waals surface area (Å²) in [5.41, 5.74) is 0. The number of carbonyl (C=O) groups excluding carboxylic acids is 3. The highest BCUT2D eigenvalue weighted by molar-refractivity contribution is 5.96. The summed E-state index contributed by atoms with van der Waals surface area (Å²) in [4.78, 5) is 36.0. The first-order valence-electron chi connectivity index (χ1n) is 5.84. The maximum absolute atomic E-state index is 11.7. The van der Waals surface area contributed by atoms with Crippen LogP contribution in [0.2, 0.25) is 0 Å². The fourth-order valence-electron chi connectivity index (χ4n) is 1.94. The molecule has 0 aromatic carbocycles. The van der Waals surface area contributed by atoms with Crippen LogP contribution < -0.4 is 10.6 Å². The number of nitrogens with one attached hydrogen (secondary N) is 2. The van der Waals surface area contributed by atoms with Crippen LogP contribution in [0.15, 0.2) is 0 Å². The van der Waals surface area contributed by atoms with E-state index in [2.05, 4.69) is 15.4 Å². The second-order valence-electron chi connectivity index (χ2n) is 4.25. The lowest BCUT2D eigenvalue weighted by atomic mass is 10.1. The van der Waals surface area contributed by atoms with E-state index in [0.717, 1.165) is 0 Å². The van der Waals surface area contributed by atoms with E-state index in [9.17, 15) is 14.4 Å². The van der Waals surface area contributed by atoms with E-state index in [4.69, 9.17) is 0 Å². The molecule has 7 nitrogen and oxygen atoms in total. The SMILES string of the molecule is CNC(=O)NC(=O)C(C)N1CCC(C(=O)OC)C1. The van der Waals surface area contributed by atoms with Crippen LogP contribution in [0.4, 0.5) is 4.79 Å². The van der Waals surface area contributed by atoms with E-state index in [1.807, 2.05) is 4.90 Å². The first-order valence-corrected chi connectivity index (χ1v) is 5.84. The summed E-state index contributed by atoms with van der Waals surface area (Å²) in [5.74, 6) is -0.818. The van der Waals surface area contributed by atoms with E-state index in [1.54, 1.807) is 6.92 Å². The summed E-state index contributed by atoms with van der Waals surface area (Å²) in [5, 5.41) is 4.53. The summed E-state index contributed by atoms with van der Waals surface area (Å²) >= 11 is 0. The van der Waals surface area contributed by atoms with Crippen molar-refractivity contribution in [1.82, 2.24) is 15.5 Å². The number of esters is 1. The lowest BCUT2D eigenvalue weighted by molar-refractivity contribution is -0.145. The fourth-order valence-corrected chi connectivity index (χ4v) is 1.94. The number of nitrogens with zero attached hydrogens (tertiary/aromatic N) is 1. The highest BCUT2D eigenvalue weighted by Crippen LogP contribution is 2.19. The Morgan fingerprint density at radius 1 is 1.39 bits per heavy atom. The molecule has 0 aromatic heterocycles. The molecule has 7 heteroatoms. The van der Waals surface area contributed by atoms with Gasteiger partial charge in [0.15, 0.2) is 0 Å². The van der Waals surface area contributed by atoms with Crippen molar-refractivity contribution in [1.29, 1.82) is 0 Å². The van der Waals surface area contributed by atoms with Crippen molar-refractivity contribution in [2.24, 2.45) is 5.92 Å². The van der Waals surface area contributed by atoms with Gasteiger partial charge in [0.25, 0.3) is 0 Å². The van der Waals surface area contributed by atoms with Crippen LogP contribution in [0.1, 0.15) is 13.3 Å². The van der Waals surface area contributed by atoms with Crippen molar-refractivity contribution >= 4 is 17.9 Å². The zero-order chi connectivity index (χ0) is 13.7. The predicted molar refractivity (Wildman–Crippen MR) is 63.8 cm³/mol. The van der Waals surface area contributed by atoms with Crippen LogP contribution in [-0.2, 0) is 14.3 Å². The molecule has 2 N–H and O–H groups in total. The Morgan fingerprint density at radius 3 is 2.61 bits per heavy atom. The lowest BCUT2D eigenvalue weighted by Gasteiger charge is -2.22. The number of methoxy groups -OCH3 is 1. The van der Waals surface area contributed by atoms with Crippen molar-refractivity contribution in [2.75, 3.05) is 27.2 Å². The molecule has 1 rings (SSSR count). The highest BCUT2D eigenvalue weighted by atomic mass is 16.5. The highest BCUT2D eigenvalue weighted by Gasteiger charge is 2.34. The second kappa shape index (κ2) is 6.34. The number of hydrogen-bond acceptors (Lipinski definition) is 5. The predicted octanol–water partition coefficient (Wildman–Crippen LogP) is -0.675. The minimum Gasteiger partial charge on any atom is -0.469 e. The number of likely N-dealkylation sites (tertiary alicyclic amines) is 1. The van der Waals surface area contributed by atoms with Gasteiger partial charge in [-0.1, -0.05) is 0 Å². The van der Waals surface area contributed by atoms with Crippen LogP contribution in [0.25, 0.3) is 0 Å². The van der Waals surface area contributed by atoms with Crippen molar-refractivity contribution in [3.63, 3.8) is 0 Å². The Balaban J connectivity index is 2.49. The number of amides is 3. The van der Waals surface area contributed by atoms with E-state index in [0.29, 0.717) is 19.5 Å². The van der Waals surface area contributed by atoms with Crippen molar-refractivity contribution in [3.05, 3.63) is 0 Å². The minimum atomic E-state index is -0.532. The first kappa shape index (κ1) is 14.4. The van der Waals surface area contributed by atoms with Crippen molar-refractivity contribution in [3.8, 4) is 0 Å². The standard InChI is InChI=1S/C11H19N3O4/c1-7(9(15)13-11(17)12-2)14-5-4-8(6-14)10(16)18-3/h7-8H,4-6H2,1-3H3,(H2,12,13,15,17). The topological polar surface area (TPSA) is 87.7 Å². The molecule has 1 heterocycles. The molecule has 0 aromatic rings. The van der Waals surface area contributed by atoms with E-state index >= 15 is 0 Å². The average Bonchev–Trinajstić information content (AvgIpc) is 2.86. The largest absolute Gasteiger partial charge is 0.469 e. The molecule has 18 heavy (non-hydrogen) atoms. The molecule has 1 aliphatic heterocycles. The van der Waals surface area contributed by atoms with Gasteiger partial charge in [-0.05, 0) is 19.9 Å². The van der Waals surface area contributed by atoms with Gasteiger partial charge in [-0.25, -0.2) is 4.79 Å².